The molecule has 14 heteroatoms. The number of benzene rings is 2. The number of rotatable bonds is 7. The van der Waals surface area contributed by atoms with Crippen LogP contribution in [0, 0.1) is 0 Å². The summed E-state index contributed by atoms with van der Waals surface area (Å²) in [6, 6.07) is 9.93. The highest BCUT2D eigenvalue weighted by molar-refractivity contribution is 7.90. The Kier molecular flexibility index (Phi) is 8.44. The van der Waals surface area contributed by atoms with Gasteiger partial charge in [-0.2, -0.15) is 17.5 Å². The first kappa shape index (κ1) is 32.1. The summed E-state index contributed by atoms with van der Waals surface area (Å²) in [5.41, 5.74) is -4.15. The van der Waals surface area contributed by atoms with Gasteiger partial charge in [0.05, 0.1) is 10.9 Å². The molecule has 4 rings (SSSR count). The van der Waals surface area contributed by atoms with Crippen molar-refractivity contribution in [2.75, 3.05) is 31.1 Å². The van der Waals surface area contributed by atoms with Crippen molar-refractivity contribution < 1.29 is 36.3 Å². The Morgan fingerprint density at radius 3 is 2.17 bits per heavy atom. The van der Waals surface area contributed by atoms with E-state index >= 15 is 0 Å². The molecule has 2 saturated heterocycles. The second-order valence-electron chi connectivity index (χ2n) is 11.5. The number of anilines is 1. The van der Waals surface area contributed by atoms with E-state index in [1.54, 1.807) is 45.9 Å². The van der Waals surface area contributed by atoms with Crippen LogP contribution in [0.5, 0.6) is 0 Å². The van der Waals surface area contributed by atoms with Gasteiger partial charge in [0.15, 0.2) is 5.60 Å². The zero-order valence-corrected chi connectivity index (χ0v) is 25.7. The summed E-state index contributed by atoms with van der Waals surface area (Å²) < 4.78 is 68.8. The summed E-state index contributed by atoms with van der Waals surface area (Å²) in [5.74, 6) is -0.378. The van der Waals surface area contributed by atoms with E-state index in [4.69, 9.17) is 0 Å². The third kappa shape index (κ3) is 5.49. The topological polar surface area (TPSA) is 101 Å². The third-order valence-electron chi connectivity index (χ3n) is 8.01. The van der Waals surface area contributed by atoms with Crippen LogP contribution in [0.15, 0.2) is 58.3 Å². The summed E-state index contributed by atoms with van der Waals surface area (Å²) in [6.45, 7) is 7.48. The maximum Gasteiger partial charge on any atom is 0.421 e. The minimum Gasteiger partial charge on any atom is -0.376 e. The monoisotopic (exact) mass is 628 g/mol. The van der Waals surface area contributed by atoms with Gasteiger partial charge in [-0.15, -0.1) is 12.6 Å². The van der Waals surface area contributed by atoms with Crippen LogP contribution in [0.2, 0.25) is 0 Å². The highest BCUT2D eigenvalue weighted by Crippen LogP contribution is 2.39. The molecule has 0 radical (unpaired) electrons. The molecule has 0 spiro atoms. The molecule has 2 atom stereocenters. The average molecular weight is 629 g/mol. The highest BCUT2D eigenvalue weighted by Gasteiger charge is 2.54. The molecule has 2 aromatic rings. The molecule has 2 aliphatic rings. The molecule has 1 unspecified atom stereocenters. The van der Waals surface area contributed by atoms with Crippen molar-refractivity contribution in [1.29, 1.82) is 0 Å². The number of halogens is 3. The van der Waals surface area contributed by atoms with Crippen molar-refractivity contribution in [2.24, 2.45) is 0 Å². The molecule has 0 saturated carbocycles. The summed E-state index contributed by atoms with van der Waals surface area (Å²) in [4.78, 5) is 31.3. The lowest BCUT2D eigenvalue weighted by Crippen LogP contribution is -2.60. The van der Waals surface area contributed by atoms with Gasteiger partial charge in [0, 0.05) is 42.8 Å². The number of alkyl halides is 3. The number of piperazine rings is 1. The SMILES string of the molecule is CC(C)N1C(=O)N(C[C@H]2CN(S(=O)(=O)c3ccccc3S)CCN2c2ccc(C(C)(O)C(F)(F)F)cc2)C(C)(C)C1=O. The Hall–Kier alpha value is -2.81. The van der Waals surface area contributed by atoms with Crippen molar-refractivity contribution in [3.05, 3.63) is 54.1 Å². The van der Waals surface area contributed by atoms with E-state index in [0.717, 1.165) is 0 Å². The first-order valence-electron chi connectivity index (χ1n) is 13.4. The van der Waals surface area contributed by atoms with Gasteiger partial charge in [0.25, 0.3) is 5.91 Å². The Labute approximate surface area is 249 Å². The fourth-order valence-corrected chi connectivity index (χ4v) is 7.39. The molecule has 2 fully saturated rings. The Morgan fingerprint density at radius 1 is 1.05 bits per heavy atom. The smallest absolute Gasteiger partial charge is 0.376 e. The predicted molar refractivity (Wildman–Crippen MR) is 154 cm³/mol. The van der Waals surface area contributed by atoms with Gasteiger partial charge in [-0.05, 0) is 64.4 Å². The fraction of sp³-hybridized carbons (Fsp3) is 0.500. The summed E-state index contributed by atoms with van der Waals surface area (Å²) in [7, 11) is -3.99. The summed E-state index contributed by atoms with van der Waals surface area (Å²) in [5, 5.41) is 10.1. The van der Waals surface area contributed by atoms with Crippen LogP contribution >= 0.6 is 12.6 Å². The first-order chi connectivity index (χ1) is 19.3. The van der Waals surface area contributed by atoms with Gasteiger partial charge in [0.2, 0.25) is 10.0 Å². The number of aliphatic hydroxyl groups is 1. The number of amides is 3. The molecule has 0 aliphatic carbocycles. The number of sulfonamides is 1. The van der Waals surface area contributed by atoms with Crippen LogP contribution in [-0.2, 0) is 20.4 Å². The number of urea groups is 1. The second kappa shape index (κ2) is 11.0. The molecule has 230 valence electrons. The maximum atomic E-state index is 13.6. The molecule has 0 bridgehead atoms. The largest absolute Gasteiger partial charge is 0.421 e. The number of thiol groups is 1. The molecule has 1 N–H and O–H groups in total. The number of hydrogen-bond donors (Lipinski definition) is 2. The van der Waals surface area contributed by atoms with Gasteiger partial charge in [-0.3, -0.25) is 9.69 Å². The lowest BCUT2D eigenvalue weighted by Gasteiger charge is -2.44. The van der Waals surface area contributed by atoms with Gasteiger partial charge >= 0.3 is 12.2 Å². The van der Waals surface area contributed by atoms with Crippen LogP contribution in [0.4, 0.5) is 23.7 Å². The highest BCUT2D eigenvalue weighted by atomic mass is 32.2. The van der Waals surface area contributed by atoms with Crippen LogP contribution in [-0.4, -0.2) is 89.5 Å². The Morgan fingerprint density at radius 2 is 1.64 bits per heavy atom. The molecular formula is C28H35F3N4O5S2. The quantitative estimate of drug-likeness (QED) is 0.354. The number of carbonyl (C=O) groups is 2. The van der Waals surface area contributed by atoms with E-state index in [9.17, 15) is 36.3 Å². The van der Waals surface area contributed by atoms with E-state index in [0.29, 0.717) is 12.6 Å². The third-order valence-corrected chi connectivity index (χ3v) is 10.5. The molecule has 42 heavy (non-hydrogen) atoms. The van der Waals surface area contributed by atoms with Gasteiger partial charge in [-0.1, -0.05) is 24.3 Å². The first-order valence-corrected chi connectivity index (χ1v) is 15.3. The van der Waals surface area contributed by atoms with Gasteiger partial charge in [0.1, 0.15) is 5.54 Å². The number of nitrogens with zero attached hydrogens (tertiary/aromatic N) is 4. The Bertz CT molecular complexity index is 1460. The van der Waals surface area contributed by atoms with Crippen LogP contribution in [0.3, 0.4) is 0 Å². The van der Waals surface area contributed by atoms with Crippen molar-refractivity contribution in [3.63, 3.8) is 0 Å². The Balaban J connectivity index is 1.72. The maximum absolute atomic E-state index is 13.6. The average Bonchev–Trinajstić information content (AvgIpc) is 3.07. The van der Waals surface area contributed by atoms with Crippen LogP contribution < -0.4 is 4.90 Å². The van der Waals surface area contributed by atoms with E-state index in [-0.39, 0.29) is 47.4 Å². The van der Waals surface area contributed by atoms with E-state index < -0.39 is 45.5 Å². The van der Waals surface area contributed by atoms with Crippen molar-refractivity contribution in [1.82, 2.24) is 14.1 Å². The zero-order valence-electron chi connectivity index (χ0n) is 24.0. The minimum atomic E-state index is -4.89. The minimum absolute atomic E-state index is 0.0259. The van der Waals surface area contributed by atoms with Crippen molar-refractivity contribution in [3.8, 4) is 0 Å². The molecule has 9 nitrogen and oxygen atoms in total. The van der Waals surface area contributed by atoms with Gasteiger partial charge in [-0.25, -0.2) is 13.2 Å². The molecule has 2 heterocycles. The van der Waals surface area contributed by atoms with E-state index in [1.165, 1.54) is 44.4 Å². The lowest BCUT2D eigenvalue weighted by molar-refractivity contribution is -0.258. The normalized spacial score (nSPS) is 21.8. The van der Waals surface area contributed by atoms with E-state index in [1.807, 2.05) is 4.90 Å². The number of carbonyl (C=O) groups excluding carboxylic acids is 2. The summed E-state index contributed by atoms with van der Waals surface area (Å²) in [6.07, 6.45) is -4.89. The molecule has 2 aromatic carbocycles. The standard InChI is InChI=1S/C28H35F3N4O5S2/c1-18(2)35-24(36)26(3,4)34(25(35)37)17-21-16-32(42(39,40)23-9-7-6-8-22(23)41)14-15-33(21)20-12-10-19(11-13-20)27(5,38)28(29,30)31/h6-13,18,21,38,41H,14-17H2,1-5H3/t21-,27?/m1/s1. The molecule has 2 aliphatic heterocycles. The molecule has 3 amide bonds. The predicted octanol–water partition coefficient (Wildman–Crippen LogP) is 4.08. The van der Waals surface area contributed by atoms with Crippen LogP contribution in [0.25, 0.3) is 0 Å². The molecular weight excluding hydrogens is 593 g/mol. The summed E-state index contributed by atoms with van der Waals surface area (Å²) >= 11 is 4.32. The van der Waals surface area contributed by atoms with Crippen molar-refractivity contribution in [2.45, 2.75) is 73.8 Å². The number of imide groups is 1. The molecule has 0 aromatic heterocycles. The fourth-order valence-electron chi connectivity index (χ4n) is 5.34. The second-order valence-corrected chi connectivity index (χ2v) is 13.9. The zero-order chi connectivity index (χ0) is 31.4. The lowest BCUT2D eigenvalue weighted by atomic mass is 9.95. The number of hydrogen-bond acceptors (Lipinski definition) is 7. The van der Waals surface area contributed by atoms with Crippen LogP contribution in [0.1, 0.15) is 40.2 Å². The van der Waals surface area contributed by atoms with Gasteiger partial charge < -0.3 is 14.9 Å². The van der Waals surface area contributed by atoms with E-state index in [2.05, 4.69) is 12.6 Å². The van der Waals surface area contributed by atoms with Crippen molar-refractivity contribution >= 4 is 40.3 Å².